The number of hydrogen-bond donors (Lipinski definition) is 0. The van der Waals surface area contributed by atoms with Gasteiger partial charge in [-0.25, -0.2) is 0 Å². The maximum absolute atomic E-state index is 11.3. The van der Waals surface area contributed by atoms with Crippen LogP contribution >= 0.6 is 0 Å². The zero-order valence-corrected chi connectivity index (χ0v) is 9.34. The molecule has 0 aliphatic carbocycles. The van der Waals surface area contributed by atoms with Crippen molar-refractivity contribution in [3.8, 4) is 11.8 Å². The summed E-state index contributed by atoms with van der Waals surface area (Å²) in [5.41, 5.74) is 2.01. The monoisotopic (exact) mass is 224 g/mol. The number of rotatable bonds is 4. The number of nitriles is 1. The molecular formula is C14H12N2O. The van der Waals surface area contributed by atoms with E-state index in [2.05, 4.69) is 0 Å². The van der Waals surface area contributed by atoms with Crippen LogP contribution in [0.25, 0.3) is 5.69 Å². The van der Waals surface area contributed by atoms with Crippen LogP contribution in [0.15, 0.2) is 48.8 Å². The van der Waals surface area contributed by atoms with Crippen molar-refractivity contribution < 1.29 is 4.79 Å². The molecule has 84 valence electrons. The smallest absolute Gasteiger partial charge is 0.151 e. The molecule has 3 heteroatoms. The fraction of sp³-hybridized carbons (Fsp3) is 0.143. The van der Waals surface area contributed by atoms with Crippen molar-refractivity contribution in [2.75, 3.05) is 0 Å². The third kappa shape index (κ3) is 2.82. The molecule has 0 aliphatic rings. The first-order valence-electron chi connectivity index (χ1n) is 5.40. The first-order chi connectivity index (χ1) is 8.29. The second kappa shape index (κ2) is 5.13. The van der Waals surface area contributed by atoms with E-state index in [4.69, 9.17) is 5.26 Å². The van der Waals surface area contributed by atoms with Gasteiger partial charge in [0.1, 0.15) is 0 Å². The van der Waals surface area contributed by atoms with Crippen LogP contribution in [0.3, 0.4) is 0 Å². The summed E-state index contributed by atoms with van der Waals surface area (Å²) in [7, 11) is 0. The first-order valence-corrected chi connectivity index (χ1v) is 5.40. The van der Waals surface area contributed by atoms with Crippen LogP contribution in [0.1, 0.15) is 12.0 Å². The van der Waals surface area contributed by atoms with Crippen molar-refractivity contribution in [1.82, 2.24) is 4.57 Å². The highest BCUT2D eigenvalue weighted by Gasteiger charge is 2.03. The summed E-state index contributed by atoms with van der Waals surface area (Å²) in [6, 6.07) is 13.6. The minimum atomic E-state index is -0.0405. The predicted molar refractivity (Wildman–Crippen MR) is 64.7 cm³/mol. The highest BCUT2D eigenvalue weighted by Crippen LogP contribution is 2.11. The molecule has 0 aliphatic heterocycles. The Balaban J connectivity index is 2.09. The molecule has 0 fully saturated rings. The molecule has 17 heavy (non-hydrogen) atoms. The van der Waals surface area contributed by atoms with Crippen LogP contribution in [0.5, 0.6) is 0 Å². The zero-order chi connectivity index (χ0) is 12.1. The highest BCUT2D eigenvalue weighted by molar-refractivity contribution is 5.82. The molecule has 0 N–H and O–H groups in total. The van der Waals surface area contributed by atoms with Gasteiger partial charge in [-0.2, -0.15) is 5.26 Å². The molecule has 0 bridgehead atoms. The van der Waals surface area contributed by atoms with Crippen molar-refractivity contribution in [1.29, 1.82) is 5.26 Å². The van der Waals surface area contributed by atoms with Gasteiger partial charge in [0.05, 0.1) is 12.5 Å². The van der Waals surface area contributed by atoms with Gasteiger partial charge < -0.3 is 4.57 Å². The Morgan fingerprint density at radius 2 is 1.82 bits per heavy atom. The van der Waals surface area contributed by atoms with E-state index in [1.54, 1.807) is 0 Å². The molecule has 1 aromatic carbocycles. The minimum absolute atomic E-state index is 0.0145. The Kier molecular flexibility index (Phi) is 3.37. The van der Waals surface area contributed by atoms with E-state index >= 15 is 0 Å². The maximum atomic E-state index is 11.3. The van der Waals surface area contributed by atoms with E-state index in [1.165, 1.54) is 0 Å². The second-order valence-electron chi connectivity index (χ2n) is 3.81. The van der Waals surface area contributed by atoms with Gasteiger partial charge in [-0.3, -0.25) is 4.79 Å². The number of carbonyl (C=O) groups is 1. The predicted octanol–water partition coefficient (Wildman–Crippen LogP) is 2.50. The van der Waals surface area contributed by atoms with E-state index in [-0.39, 0.29) is 12.2 Å². The zero-order valence-electron chi connectivity index (χ0n) is 9.34. The summed E-state index contributed by atoms with van der Waals surface area (Å²) in [6.07, 6.45) is 4.25. The van der Waals surface area contributed by atoms with E-state index in [0.29, 0.717) is 6.42 Å². The number of ketones is 1. The summed E-state index contributed by atoms with van der Waals surface area (Å²) >= 11 is 0. The Morgan fingerprint density at radius 1 is 1.18 bits per heavy atom. The van der Waals surface area contributed by atoms with Gasteiger partial charge in [0.25, 0.3) is 0 Å². The molecule has 3 nitrogen and oxygen atoms in total. The molecule has 0 saturated heterocycles. The van der Waals surface area contributed by atoms with E-state index in [1.807, 2.05) is 59.4 Å². The summed E-state index contributed by atoms with van der Waals surface area (Å²) in [4.78, 5) is 11.3. The van der Waals surface area contributed by atoms with Crippen LogP contribution in [0.4, 0.5) is 0 Å². The number of Topliss-reactive ketones (excluding diaryl/α,β-unsaturated/α-hetero) is 1. The average molecular weight is 224 g/mol. The standard InChI is InChI=1S/C14H12N2O/c15-8-7-14(17)11-12-3-5-13(6-4-12)16-9-1-2-10-16/h1-6,9-10H,7,11H2. The highest BCUT2D eigenvalue weighted by atomic mass is 16.1. The van der Waals surface area contributed by atoms with Crippen molar-refractivity contribution in [2.24, 2.45) is 0 Å². The first kappa shape index (κ1) is 11.2. The quantitative estimate of drug-likeness (QED) is 0.801. The lowest BCUT2D eigenvalue weighted by Gasteiger charge is -2.04. The minimum Gasteiger partial charge on any atom is -0.324 e. The molecule has 0 saturated carbocycles. The van der Waals surface area contributed by atoms with Gasteiger partial charge in [0.2, 0.25) is 0 Å². The number of benzene rings is 1. The van der Waals surface area contributed by atoms with Gasteiger partial charge in [-0.05, 0) is 29.8 Å². The molecule has 1 heterocycles. The SMILES string of the molecule is N#CCC(=O)Cc1ccc(-n2cccc2)cc1. The van der Waals surface area contributed by atoms with Gasteiger partial charge in [0.15, 0.2) is 5.78 Å². The molecule has 0 amide bonds. The third-order valence-corrected chi connectivity index (χ3v) is 2.52. The fourth-order valence-electron chi connectivity index (χ4n) is 1.67. The lowest BCUT2D eigenvalue weighted by Crippen LogP contribution is -2.01. The Bertz CT molecular complexity index is 533. The largest absolute Gasteiger partial charge is 0.324 e. The fourth-order valence-corrected chi connectivity index (χ4v) is 1.67. The normalized spacial score (nSPS) is 9.82. The molecule has 2 aromatic rings. The van der Waals surface area contributed by atoms with Crippen molar-refractivity contribution in [3.63, 3.8) is 0 Å². The summed E-state index contributed by atoms with van der Waals surface area (Å²) in [5, 5.41) is 8.41. The number of nitrogens with zero attached hydrogens (tertiary/aromatic N) is 2. The van der Waals surface area contributed by atoms with Gasteiger partial charge in [-0.1, -0.05) is 12.1 Å². The maximum Gasteiger partial charge on any atom is 0.151 e. The van der Waals surface area contributed by atoms with Crippen LogP contribution in [-0.4, -0.2) is 10.4 Å². The topological polar surface area (TPSA) is 45.8 Å². The average Bonchev–Trinajstić information content (AvgIpc) is 2.84. The van der Waals surface area contributed by atoms with Crippen molar-refractivity contribution in [3.05, 3.63) is 54.4 Å². The van der Waals surface area contributed by atoms with Crippen LogP contribution < -0.4 is 0 Å². The van der Waals surface area contributed by atoms with Gasteiger partial charge >= 0.3 is 0 Å². The number of hydrogen-bond acceptors (Lipinski definition) is 2. The Labute approximate surface area is 99.9 Å². The number of carbonyl (C=O) groups excluding carboxylic acids is 1. The number of aromatic nitrogens is 1. The lowest BCUT2D eigenvalue weighted by atomic mass is 10.1. The van der Waals surface area contributed by atoms with E-state index in [0.717, 1.165) is 11.3 Å². The Morgan fingerprint density at radius 3 is 2.41 bits per heavy atom. The molecule has 1 aromatic heterocycles. The van der Waals surface area contributed by atoms with Crippen molar-refractivity contribution >= 4 is 5.78 Å². The van der Waals surface area contributed by atoms with Crippen molar-refractivity contribution in [2.45, 2.75) is 12.8 Å². The Hall–Kier alpha value is -2.34. The van der Waals surface area contributed by atoms with Gasteiger partial charge in [-0.15, -0.1) is 0 Å². The summed E-state index contributed by atoms with van der Waals surface area (Å²) < 4.78 is 2.00. The molecule has 0 unspecified atom stereocenters. The van der Waals surface area contributed by atoms with Crippen LogP contribution in [0, 0.1) is 11.3 Å². The summed E-state index contributed by atoms with van der Waals surface area (Å²) in [5.74, 6) is -0.0405. The molecular weight excluding hydrogens is 212 g/mol. The van der Waals surface area contributed by atoms with Crippen LogP contribution in [-0.2, 0) is 11.2 Å². The molecule has 0 radical (unpaired) electrons. The lowest BCUT2D eigenvalue weighted by molar-refractivity contribution is -0.117. The summed E-state index contributed by atoms with van der Waals surface area (Å²) in [6.45, 7) is 0. The van der Waals surface area contributed by atoms with Gasteiger partial charge in [0, 0.05) is 24.5 Å². The molecule has 0 atom stereocenters. The molecule has 0 spiro atoms. The molecule has 2 rings (SSSR count). The third-order valence-electron chi connectivity index (χ3n) is 2.52. The van der Waals surface area contributed by atoms with E-state index < -0.39 is 0 Å². The second-order valence-corrected chi connectivity index (χ2v) is 3.81. The van der Waals surface area contributed by atoms with E-state index in [9.17, 15) is 4.79 Å². The van der Waals surface area contributed by atoms with Crippen LogP contribution in [0.2, 0.25) is 0 Å².